The van der Waals surface area contributed by atoms with E-state index in [0.29, 0.717) is 40.3 Å². The average Bonchev–Trinajstić information content (AvgIpc) is 3.16. The molecule has 1 heterocycles. The largest absolute Gasteiger partial charge is 0.493 e. The van der Waals surface area contributed by atoms with Crippen LogP contribution in [-0.2, 0) is 11.2 Å². The van der Waals surface area contributed by atoms with Gasteiger partial charge in [-0.05, 0) is 55.5 Å². The molecule has 0 saturated heterocycles. The standard InChI is InChI=1S/C25H22N2O4/c1-17-21(27-25(30-17)18-8-4-3-5-9-18)16-24(28)26-19-12-14-20(15-13-19)31-23-11-7-6-10-22(23)29-2/h3-15H,16H2,1-2H3,(H,26,28). The summed E-state index contributed by atoms with van der Waals surface area (Å²) in [7, 11) is 1.60. The number of amides is 1. The van der Waals surface area contributed by atoms with E-state index in [1.807, 2.05) is 61.5 Å². The van der Waals surface area contributed by atoms with Gasteiger partial charge >= 0.3 is 0 Å². The van der Waals surface area contributed by atoms with Gasteiger partial charge in [-0.1, -0.05) is 30.3 Å². The number of ether oxygens (including phenoxy) is 2. The van der Waals surface area contributed by atoms with Crippen LogP contribution in [0.3, 0.4) is 0 Å². The molecule has 0 unspecified atom stereocenters. The van der Waals surface area contributed by atoms with Crippen LogP contribution >= 0.6 is 0 Å². The van der Waals surface area contributed by atoms with Crippen molar-refractivity contribution in [3.8, 4) is 28.7 Å². The molecule has 0 atom stereocenters. The van der Waals surface area contributed by atoms with Gasteiger partial charge in [0.15, 0.2) is 11.5 Å². The number of anilines is 1. The lowest BCUT2D eigenvalue weighted by molar-refractivity contribution is -0.115. The second-order valence-corrected chi connectivity index (χ2v) is 6.89. The molecule has 0 bridgehead atoms. The predicted octanol–water partition coefficient (Wildman–Crippen LogP) is 5.63. The van der Waals surface area contributed by atoms with E-state index >= 15 is 0 Å². The molecule has 31 heavy (non-hydrogen) atoms. The normalized spacial score (nSPS) is 10.5. The van der Waals surface area contributed by atoms with E-state index < -0.39 is 0 Å². The van der Waals surface area contributed by atoms with E-state index in [9.17, 15) is 4.79 Å². The van der Waals surface area contributed by atoms with Crippen LogP contribution < -0.4 is 14.8 Å². The number of aryl methyl sites for hydroxylation is 1. The molecule has 1 N–H and O–H groups in total. The molecule has 0 aliphatic carbocycles. The van der Waals surface area contributed by atoms with Gasteiger partial charge in [-0.3, -0.25) is 4.79 Å². The van der Waals surface area contributed by atoms with Crippen molar-refractivity contribution in [3.05, 3.63) is 90.3 Å². The molecule has 6 nitrogen and oxygen atoms in total. The Morgan fingerprint density at radius 3 is 2.32 bits per heavy atom. The maximum Gasteiger partial charge on any atom is 0.230 e. The van der Waals surface area contributed by atoms with Crippen molar-refractivity contribution in [2.24, 2.45) is 0 Å². The lowest BCUT2D eigenvalue weighted by Gasteiger charge is -2.10. The van der Waals surface area contributed by atoms with Gasteiger partial charge in [0.2, 0.25) is 11.8 Å². The Morgan fingerprint density at radius 1 is 0.935 bits per heavy atom. The minimum atomic E-state index is -0.172. The van der Waals surface area contributed by atoms with Gasteiger partial charge in [-0.2, -0.15) is 0 Å². The van der Waals surface area contributed by atoms with Crippen molar-refractivity contribution in [2.75, 3.05) is 12.4 Å². The highest BCUT2D eigenvalue weighted by atomic mass is 16.5. The van der Waals surface area contributed by atoms with Crippen LogP contribution in [0.2, 0.25) is 0 Å². The predicted molar refractivity (Wildman–Crippen MR) is 119 cm³/mol. The Kier molecular flexibility index (Phi) is 5.98. The van der Waals surface area contributed by atoms with Crippen LogP contribution in [0.4, 0.5) is 5.69 Å². The molecular weight excluding hydrogens is 392 g/mol. The van der Waals surface area contributed by atoms with Crippen LogP contribution in [0, 0.1) is 6.92 Å². The van der Waals surface area contributed by atoms with E-state index in [4.69, 9.17) is 13.9 Å². The summed E-state index contributed by atoms with van der Waals surface area (Å²) in [6.45, 7) is 1.81. The van der Waals surface area contributed by atoms with Crippen molar-refractivity contribution in [3.63, 3.8) is 0 Å². The molecule has 0 fully saturated rings. The summed E-state index contributed by atoms with van der Waals surface area (Å²) in [5, 5.41) is 2.88. The topological polar surface area (TPSA) is 73.6 Å². The number of rotatable bonds is 7. The average molecular weight is 414 g/mol. The number of methoxy groups -OCH3 is 1. The first-order valence-electron chi connectivity index (χ1n) is 9.85. The molecule has 4 rings (SSSR count). The Labute approximate surface area is 180 Å². The first kappa shape index (κ1) is 20.2. The number of nitrogens with one attached hydrogen (secondary N) is 1. The number of carbonyl (C=O) groups is 1. The fraction of sp³-hybridized carbons (Fsp3) is 0.120. The zero-order chi connectivity index (χ0) is 21.6. The smallest absolute Gasteiger partial charge is 0.230 e. The summed E-state index contributed by atoms with van der Waals surface area (Å²) in [5.74, 6) is 2.89. The van der Waals surface area contributed by atoms with Gasteiger partial charge in [0.25, 0.3) is 0 Å². The molecule has 0 spiro atoms. The summed E-state index contributed by atoms with van der Waals surface area (Å²) in [4.78, 5) is 17.0. The number of nitrogens with zero attached hydrogens (tertiary/aromatic N) is 1. The van der Waals surface area contributed by atoms with E-state index in [1.54, 1.807) is 31.4 Å². The second kappa shape index (κ2) is 9.17. The number of benzene rings is 3. The molecule has 156 valence electrons. The third kappa shape index (κ3) is 4.93. The number of hydrogen-bond donors (Lipinski definition) is 1. The maximum atomic E-state index is 12.5. The van der Waals surface area contributed by atoms with Crippen LogP contribution in [-0.4, -0.2) is 18.0 Å². The van der Waals surface area contributed by atoms with Gasteiger partial charge in [0, 0.05) is 11.3 Å². The number of aromatic nitrogens is 1. The minimum absolute atomic E-state index is 0.127. The Hall–Kier alpha value is -4.06. The summed E-state index contributed by atoms with van der Waals surface area (Å²) < 4.78 is 16.9. The van der Waals surface area contributed by atoms with Crippen molar-refractivity contribution in [1.82, 2.24) is 4.98 Å². The molecule has 4 aromatic rings. The second-order valence-electron chi connectivity index (χ2n) is 6.89. The van der Waals surface area contributed by atoms with Gasteiger partial charge < -0.3 is 19.2 Å². The Balaban J connectivity index is 1.39. The fourth-order valence-corrected chi connectivity index (χ4v) is 3.09. The summed E-state index contributed by atoms with van der Waals surface area (Å²) in [6.07, 6.45) is 0.127. The number of para-hydroxylation sites is 2. The summed E-state index contributed by atoms with van der Waals surface area (Å²) in [5.41, 5.74) is 2.16. The van der Waals surface area contributed by atoms with Gasteiger partial charge in [-0.15, -0.1) is 0 Å². The highest BCUT2D eigenvalue weighted by Gasteiger charge is 2.15. The molecule has 3 aromatic carbocycles. The van der Waals surface area contributed by atoms with Crippen molar-refractivity contribution >= 4 is 11.6 Å². The molecule has 0 aliphatic heterocycles. The summed E-state index contributed by atoms with van der Waals surface area (Å²) in [6, 6.07) is 24.2. The van der Waals surface area contributed by atoms with E-state index in [0.717, 1.165) is 5.56 Å². The molecule has 1 amide bonds. The molecule has 0 saturated carbocycles. The molecular formula is C25H22N2O4. The van der Waals surface area contributed by atoms with E-state index in [-0.39, 0.29) is 12.3 Å². The highest BCUT2D eigenvalue weighted by molar-refractivity contribution is 5.92. The van der Waals surface area contributed by atoms with Crippen molar-refractivity contribution < 1.29 is 18.7 Å². The first-order chi connectivity index (χ1) is 15.1. The zero-order valence-corrected chi connectivity index (χ0v) is 17.3. The van der Waals surface area contributed by atoms with Crippen LogP contribution in [0.1, 0.15) is 11.5 Å². The third-order valence-electron chi connectivity index (χ3n) is 4.68. The van der Waals surface area contributed by atoms with E-state index in [1.165, 1.54) is 0 Å². The van der Waals surface area contributed by atoms with Crippen LogP contribution in [0.15, 0.2) is 83.3 Å². The molecule has 6 heteroatoms. The molecule has 0 radical (unpaired) electrons. The third-order valence-corrected chi connectivity index (χ3v) is 4.68. The SMILES string of the molecule is COc1ccccc1Oc1ccc(NC(=O)Cc2nc(-c3ccccc3)oc2C)cc1. The van der Waals surface area contributed by atoms with E-state index in [2.05, 4.69) is 10.3 Å². The van der Waals surface area contributed by atoms with Gasteiger partial charge in [0.1, 0.15) is 11.5 Å². The van der Waals surface area contributed by atoms with Crippen LogP contribution in [0.25, 0.3) is 11.5 Å². The Bertz CT molecular complexity index is 1170. The molecule has 0 aliphatic rings. The lowest BCUT2D eigenvalue weighted by Crippen LogP contribution is -2.15. The van der Waals surface area contributed by atoms with Gasteiger partial charge in [0.05, 0.1) is 19.2 Å². The highest BCUT2D eigenvalue weighted by Crippen LogP contribution is 2.31. The fourth-order valence-electron chi connectivity index (χ4n) is 3.09. The first-order valence-corrected chi connectivity index (χ1v) is 9.85. The Morgan fingerprint density at radius 2 is 1.61 bits per heavy atom. The minimum Gasteiger partial charge on any atom is -0.493 e. The van der Waals surface area contributed by atoms with Crippen LogP contribution in [0.5, 0.6) is 17.2 Å². The quantitative estimate of drug-likeness (QED) is 0.424. The summed E-state index contributed by atoms with van der Waals surface area (Å²) >= 11 is 0. The van der Waals surface area contributed by atoms with Gasteiger partial charge in [-0.25, -0.2) is 4.98 Å². The number of oxazole rings is 1. The molecule has 1 aromatic heterocycles. The maximum absolute atomic E-state index is 12.5. The lowest BCUT2D eigenvalue weighted by atomic mass is 10.2. The number of carbonyl (C=O) groups excluding carboxylic acids is 1. The van der Waals surface area contributed by atoms with Crippen molar-refractivity contribution in [2.45, 2.75) is 13.3 Å². The monoisotopic (exact) mass is 414 g/mol. The zero-order valence-electron chi connectivity index (χ0n) is 17.3. The van der Waals surface area contributed by atoms with Crippen molar-refractivity contribution in [1.29, 1.82) is 0 Å². The number of hydrogen-bond acceptors (Lipinski definition) is 5.